The zero-order valence-corrected chi connectivity index (χ0v) is 8.38. The van der Waals surface area contributed by atoms with Gasteiger partial charge >= 0.3 is 0 Å². The van der Waals surface area contributed by atoms with Crippen LogP contribution in [-0.4, -0.2) is 5.78 Å². The Balaban J connectivity index is 3.24. The Kier molecular flexibility index (Phi) is 3.23. The molecule has 1 atom stereocenters. The van der Waals surface area contributed by atoms with Crippen molar-refractivity contribution in [3.8, 4) is 6.07 Å². The third-order valence-corrected chi connectivity index (χ3v) is 2.34. The molecule has 3 nitrogen and oxygen atoms in total. The summed E-state index contributed by atoms with van der Waals surface area (Å²) in [6, 6.07) is 6.06. The summed E-state index contributed by atoms with van der Waals surface area (Å²) in [6.45, 7) is 1.39. The molecule has 1 unspecified atom stereocenters. The predicted molar refractivity (Wildman–Crippen MR) is 53.8 cm³/mol. The highest BCUT2D eigenvalue weighted by Crippen LogP contribution is 2.25. The van der Waals surface area contributed by atoms with Gasteiger partial charge in [-0.2, -0.15) is 5.26 Å². The number of carbonyl (C=O) groups excluding carboxylic acids is 1. The zero-order chi connectivity index (χ0) is 10.7. The van der Waals surface area contributed by atoms with Crippen LogP contribution in [0.4, 0.5) is 0 Å². The Hall–Kier alpha value is -1.37. The summed E-state index contributed by atoms with van der Waals surface area (Å²) in [5.74, 6) is -0.179. The fourth-order valence-electron chi connectivity index (χ4n) is 1.10. The maximum atomic E-state index is 11.0. The van der Waals surface area contributed by atoms with E-state index in [-0.39, 0.29) is 10.8 Å². The lowest BCUT2D eigenvalue weighted by Crippen LogP contribution is -2.19. The van der Waals surface area contributed by atoms with Crippen LogP contribution in [0.1, 0.15) is 24.1 Å². The maximum Gasteiger partial charge on any atom is 0.151 e. The predicted octanol–water partition coefficient (Wildman–Crippen LogP) is 1.80. The van der Waals surface area contributed by atoms with E-state index in [1.807, 2.05) is 6.07 Å². The lowest BCUT2D eigenvalue weighted by Gasteiger charge is -2.10. The van der Waals surface area contributed by atoms with Gasteiger partial charge in [0.2, 0.25) is 0 Å². The number of hydrogen-bond acceptors (Lipinski definition) is 3. The number of nitriles is 1. The van der Waals surface area contributed by atoms with Crippen LogP contribution in [-0.2, 0) is 4.79 Å². The molecule has 1 aromatic rings. The van der Waals surface area contributed by atoms with Gasteiger partial charge in [-0.3, -0.25) is 4.79 Å². The quantitative estimate of drug-likeness (QED) is 0.806. The first-order valence-electron chi connectivity index (χ1n) is 4.02. The fourth-order valence-corrected chi connectivity index (χ4v) is 1.38. The van der Waals surface area contributed by atoms with Crippen molar-refractivity contribution in [2.75, 3.05) is 0 Å². The number of hydrogen-bond donors (Lipinski definition) is 1. The molecule has 0 heterocycles. The van der Waals surface area contributed by atoms with Gasteiger partial charge in [0.1, 0.15) is 6.07 Å². The third-order valence-electron chi connectivity index (χ3n) is 1.92. The largest absolute Gasteiger partial charge is 0.318 e. The Morgan fingerprint density at radius 2 is 2.29 bits per heavy atom. The molecule has 0 aliphatic carbocycles. The monoisotopic (exact) mass is 208 g/mol. The van der Waals surface area contributed by atoms with Crippen molar-refractivity contribution < 1.29 is 4.79 Å². The second-order valence-corrected chi connectivity index (χ2v) is 3.29. The first kappa shape index (κ1) is 10.7. The van der Waals surface area contributed by atoms with Gasteiger partial charge in [0.25, 0.3) is 0 Å². The van der Waals surface area contributed by atoms with Crippen LogP contribution in [0.25, 0.3) is 0 Å². The van der Waals surface area contributed by atoms with Crippen molar-refractivity contribution in [3.63, 3.8) is 0 Å². The van der Waals surface area contributed by atoms with Crippen LogP contribution in [0.15, 0.2) is 18.2 Å². The second kappa shape index (κ2) is 4.23. The van der Waals surface area contributed by atoms with Crippen molar-refractivity contribution in [2.24, 2.45) is 5.73 Å². The van der Waals surface area contributed by atoms with Crippen LogP contribution in [0, 0.1) is 11.3 Å². The van der Waals surface area contributed by atoms with Crippen LogP contribution in [0.2, 0.25) is 5.02 Å². The molecule has 0 amide bonds. The smallest absolute Gasteiger partial charge is 0.151 e. The molecule has 0 aliphatic rings. The van der Waals surface area contributed by atoms with Gasteiger partial charge in [-0.25, -0.2) is 0 Å². The number of ketones is 1. The van der Waals surface area contributed by atoms with E-state index in [2.05, 4.69) is 0 Å². The lowest BCUT2D eigenvalue weighted by molar-refractivity contribution is -0.118. The Morgan fingerprint density at radius 1 is 1.64 bits per heavy atom. The minimum absolute atomic E-state index is 0.179. The number of halogens is 1. The van der Waals surface area contributed by atoms with Crippen LogP contribution in [0.3, 0.4) is 0 Å². The number of rotatable bonds is 2. The minimum Gasteiger partial charge on any atom is -0.318 e. The van der Waals surface area contributed by atoms with Crippen LogP contribution >= 0.6 is 11.6 Å². The standard InChI is InChI=1S/C10H9ClN2O/c1-6(14)10(13)8-4-2-3-7(5-12)9(8)11/h2-4,10H,13H2,1H3. The second-order valence-electron chi connectivity index (χ2n) is 2.91. The summed E-state index contributed by atoms with van der Waals surface area (Å²) in [5, 5.41) is 8.96. The summed E-state index contributed by atoms with van der Waals surface area (Å²) in [6.07, 6.45) is 0. The molecule has 0 fully saturated rings. The summed E-state index contributed by atoms with van der Waals surface area (Å²) in [7, 11) is 0. The fraction of sp³-hybridized carbons (Fsp3) is 0.200. The van der Waals surface area contributed by atoms with E-state index < -0.39 is 6.04 Å². The highest BCUT2D eigenvalue weighted by Gasteiger charge is 2.16. The van der Waals surface area contributed by atoms with Gasteiger partial charge < -0.3 is 5.73 Å². The molecule has 1 aromatic carbocycles. The molecule has 1 rings (SSSR count). The van der Waals surface area contributed by atoms with Gasteiger partial charge in [0.15, 0.2) is 5.78 Å². The normalized spacial score (nSPS) is 11.9. The molecule has 0 aliphatic heterocycles. The van der Waals surface area contributed by atoms with Crippen LogP contribution < -0.4 is 5.73 Å². The van der Waals surface area contributed by atoms with E-state index >= 15 is 0 Å². The van der Waals surface area contributed by atoms with E-state index in [0.717, 1.165) is 0 Å². The van der Waals surface area contributed by atoms with E-state index in [0.29, 0.717) is 11.1 Å². The van der Waals surface area contributed by atoms with Crippen LogP contribution in [0.5, 0.6) is 0 Å². The first-order chi connectivity index (χ1) is 6.57. The molecule has 0 bridgehead atoms. The molecule has 0 radical (unpaired) electrons. The summed E-state index contributed by atoms with van der Waals surface area (Å²) in [4.78, 5) is 11.0. The molecule has 0 saturated heterocycles. The van der Waals surface area contributed by atoms with E-state index in [1.54, 1.807) is 18.2 Å². The number of Topliss-reactive ketones (excluding diaryl/α,β-unsaturated/α-hetero) is 1. The van der Waals surface area contributed by atoms with Crippen molar-refractivity contribution in [1.29, 1.82) is 5.26 Å². The molecule has 0 saturated carbocycles. The molecule has 0 aromatic heterocycles. The van der Waals surface area contributed by atoms with Crippen molar-refractivity contribution in [1.82, 2.24) is 0 Å². The van der Waals surface area contributed by atoms with Gasteiger partial charge in [0.05, 0.1) is 16.6 Å². The molecule has 4 heteroatoms. The van der Waals surface area contributed by atoms with Gasteiger partial charge in [0, 0.05) is 0 Å². The number of nitrogens with two attached hydrogens (primary N) is 1. The summed E-state index contributed by atoms with van der Waals surface area (Å²) < 4.78 is 0. The molecule has 2 N–H and O–H groups in total. The number of benzene rings is 1. The minimum atomic E-state index is -0.754. The molecule has 14 heavy (non-hydrogen) atoms. The molecule has 0 spiro atoms. The molecule has 72 valence electrons. The maximum absolute atomic E-state index is 11.0. The number of carbonyl (C=O) groups is 1. The van der Waals surface area contributed by atoms with Crippen molar-refractivity contribution in [3.05, 3.63) is 34.3 Å². The van der Waals surface area contributed by atoms with E-state index in [1.165, 1.54) is 6.92 Å². The average molecular weight is 209 g/mol. The van der Waals surface area contributed by atoms with Gasteiger partial charge in [-0.05, 0) is 18.6 Å². The van der Waals surface area contributed by atoms with E-state index in [9.17, 15) is 4.79 Å². The third kappa shape index (κ3) is 1.92. The Bertz CT molecular complexity index is 409. The zero-order valence-electron chi connectivity index (χ0n) is 7.62. The molecular weight excluding hydrogens is 200 g/mol. The average Bonchev–Trinajstić information content (AvgIpc) is 2.17. The highest BCUT2D eigenvalue weighted by atomic mass is 35.5. The highest BCUT2D eigenvalue weighted by molar-refractivity contribution is 6.32. The Morgan fingerprint density at radius 3 is 2.79 bits per heavy atom. The first-order valence-corrected chi connectivity index (χ1v) is 4.40. The lowest BCUT2D eigenvalue weighted by atomic mass is 10.0. The topological polar surface area (TPSA) is 66.9 Å². The van der Waals surface area contributed by atoms with E-state index in [4.69, 9.17) is 22.6 Å². The molecular formula is C10H9ClN2O. The Labute approximate surface area is 87.1 Å². The summed E-state index contributed by atoms with van der Waals surface area (Å²) >= 11 is 5.89. The number of nitrogens with zero attached hydrogens (tertiary/aromatic N) is 1. The van der Waals surface area contributed by atoms with Crippen molar-refractivity contribution >= 4 is 17.4 Å². The van der Waals surface area contributed by atoms with Gasteiger partial charge in [-0.1, -0.05) is 23.7 Å². The van der Waals surface area contributed by atoms with Gasteiger partial charge in [-0.15, -0.1) is 0 Å². The SMILES string of the molecule is CC(=O)C(N)c1cccc(C#N)c1Cl. The summed E-state index contributed by atoms with van der Waals surface area (Å²) in [5.41, 5.74) is 6.45. The van der Waals surface area contributed by atoms with Crippen molar-refractivity contribution in [2.45, 2.75) is 13.0 Å².